The monoisotopic (exact) mass is 321 g/mol. The number of benzene rings is 1. The maximum absolute atomic E-state index is 12.3. The van der Waals surface area contributed by atoms with Crippen LogP contribution in [0.2, 0.25) is 5.02 Å². The van der Waals surface area contributed by atoms with Crippen LogP contribution in [0.3, 0.4) is 0 Å². The number of halogens is 1. The van der Waals surface area contributed by atoms with Gasteiger partial charge in [-0.3, -0.25) is 4.79 Å². The SMILES string of the molecule is C/C=C/CC(NC(=O)c1oc2ccc(Cl)cc2c1C)C(=O)O. The Bertz CT molecular complexity index is 748. The normalized spacial score (nSPS) is 12.7. The third kappa shape index (κ3) is 3.31. The van der Waals surface area contributed by atoms with E-state index in [0.29, 0.717) is 16.2 Å². The molecule has 2 rings (SSSR count). The highest BCUT2D eigenvalue weighted by molar-refractivity contribution is 6.31. The molecule has 5 nitrogen and oxygen atoms in total. The number of hydrogen-bond acceptors (Lipinski definition) is 3. The van der Waals surface area contributed by atoms with E-state index >= 15 is 0 Å². The lowest BCUT2D eigenvalue weighted by Crippen LogP contribution is -2.40. The average Bonchev–Trinajstić information content (AvgIpc) is 2.80. The van der Waals surface area contributed by atoms with Crippen LogP contribution in [0.15, 0.2) is 34.8 Å². The number of aryl methyl sites for hydroxylation is 1. The summed E-state index contributed by atoms with van der Waals surface area (Å²) >= 11 is 5.94. The minimum absolute atomic E-state index is 0.101. The Morgan fingerprint density at radius 1 is 1.45 bits per heavy atom. The molecule has 22 heavy (non-hydrogen) atoms. The van der Waals surface area contributed by atoms with E-state index < -0.39 is 17.9 Å². The number of amides is 1. The third-order valence-corrected chi connectivity index (χ3v) is 3.55. The molecule has 0 bridgehead atoms. The van der Waals surface area contributed by atoms with Crippen LogP contribution in [-0.2, 0) is 4.79 Å². The number of carboxylic acids is 1. The number of carbonyl (C=O) groups is 2. The van der Waals surface area contributed by atoms with Crippen LogP contribution in [0, 0.1) is 6.92 Å². The summed E-state index contributed by atoms with van der Waals surface area (Å²) in [4.78, 5) is 23.5. The van der Waals surface area contributed by atoms with E-state index in [1.807, 2.05) is 0 Å². The van der Waals surface area contributed by atoms with Crippen molar-refractivity contribution >= 4 is 34.4 Å². The Balaban J connectivity index is 2.29. The van der Waals surface area contributed by atoms with Crippen LogP contribution in [0.1, 0.15) is 29.5 Å². The molecule has 0 radical (unpaired) electrons. The molecule has 0 spiro atoms. The van der Waals surface area contributed by atoms with Crippen molar-refractivity contribution in [1.82, 2.24) is 5.32 Å². The molecule has 1 atom stereocenters. The molecule has 6 heteroatoms. The first-order valence-electron chi connectivity index (χ1n) is 6.77. The number of carbonyl (C=O) groups excluding carboxylic acids is 1. The van der Waals surface area contributed by atoms with Crippen molar-refractivity contribution in [3.63, 3.8) is 0 Å². The van der Waals surface area contributed by atoms with Crippen molar-refractivity contribution in [2.24, 2.45) is 0 Å². The fraction of sp³-hybridized carbons (Fsp3) is 0.250. The van der Waals surface area contributed by atoms with Gasteiger partial charge >= 0.3 is 5.97 Å². The number of nitrogens with one attached hydrogen (secondary N) is 1. The molecule has 0 fully saturated rings. The second-order valence-corrected chi connectivity index (χ2v) is 5.30. The van der Waals surface area contributed by atoms with Crippen molar-refractivity contribution in [2.45, 2.75) is 26.3 Å². The van der Waals surface area contributed by atoms with Crippen LogP contribution < -0.4 is 5.32 Å². The molecule has 1 unspecified atom stereocenters. The average molecular weight is 322 g/mol. The van der Waals surface area contributed by atoms with Gasteiger partial charge in [-0.2, -0.15) is 0 Å². The van der Waals surface area contributed by atoms with Crippen LogP contribution in [0.5, 0.6) is 0 Å². The molecular formula is C16H16ClNO4. The van der Waals surface area contributed by atoms with Crippen LogP contribution in [-0.4, -0.2) is 23.0 Å². The van der Waals surface area contributed by atoms with E-state index in [4.69, 9.17) is 21.1 Å². The zero-order chi connectivity index (χ0) is 16.3. The van der Waals surface area contributed by atoms with Crippen molar-refractivity contribution in [3.05, 3.63) is 46.7 Å². The zero-order valence-electron chi connectivity index (χ0n) is 12.2. The summed E-state index contributed by atoms with van der Waals surface area (Å²) in [5, 5.41) is 12.9. The summed E-state index contributed by atoms with van der Waals surface area (Å²) < 4.78 is 5.52. The predicted octanol–water partition coefficient (Wildman–Crippen LogP) is 3.54. The van der Waals surface area contributed by atoms with Crippen LogP contribution in [0.4, 0.5) is 0 Å². The molecule has 0 aliphatic heterocycles. The number of aliphatic carboxylic acids is 1. The minimum atomic E-state index is -1.09. The number of fused-ring (bicyclic) bond motifs is 1. The fourth-order valence-electron chi connectivity index (χ4n) is 2.13. The Labute approximate surface area is 132 Å². The summed E-state index contributed by atoms with van der Waals surface area (Å²) in [5.41, 5.74) is 1.16. The maximum atomic E-state index is 12.3. The first kappa shape index (κ1) is 16.1. The van der Waals surface area contributed by atoms with Gasteiger partial charge in [-0.15, -0.1) is 0 Å². The van der Waals surface area contributed by atoms with E-state index in [0.717, 1.165) is 5.39 Å². The molecular weight excluding hydrogens is 306 g/mol. The summed E-state index contributed by atoms with van der Waals surface area (Å²) in [6.07, 6.45) is 3.63. The summed E-state index contributed by atoms with van der Waals surface area (Å²) in [7, 11) is 0. The third-order valence-electron chi connectivity index (χ3n) is 3.32. The molecule has 0 aliphatic rings. The smallest absolute Gasteiger partial charge is 0.326 e. The van der Waals surface area contributed by atoms with Gasteiger partial charge in [-0.25, -0.2) is 4.79 Å². The quantitative estimate of drug-likeness (QED) is 0.825. The lowest BCUT2D eigenvalue weighted by Gasteiger charge is -2.11. The maximum Gasteiger partial charge on any atom is 0.326 e. The Kier molecular flexibility index (Phi) is 4.88. The van der Waals surface area contributed by atoms with Gasteiger partial charge in [0.2, 0.25) is 0 Å². The topological polar surface area (TPSA) is 79.5 Å². The number of allylic oxidation sites excluding steroid dienone is 1. The molecule has 2 N–H and O–H groups in total. The summed E-state index contributed by atoms with van der Waals surface area (Å²) in [6, 6.07) is 4.05. The van der Waals surface area contributed by atoms with Gasteiger partial charge in [0.1, 0.15) is 11.6 Å². The molecule has 1 aromatic heterocycles. The number of rotatable bonds is 5. The lowest BCUT2D eigenvalue weighted by molar-refractivity contribution is -0.139. The second kappa shape index (κ2) is 6.66. The van der Waals surface area contributed by atoms with Crippen molar-refractivity contribution in [3.8, 4) is 0 Å². The van der Waals surface area contributed by atoms with Gasteiger partial charge in [-0.1, -0.05) is 23.8 Å². The molecule has 0 saturated carbocycles. The van der Waals surface area contributed by atoms with Gasteiger partial charge in [0.25, 0.3) is 5.91 Å². The largest absolute Gasteiger partial charge is 0.480 e. The molecule has 0 saturated heterocycles. The molecule has 1 aromatic carbocycles. The van der Waals surface area contributed by atoms with E-state index in [9.17, 15) is 9.59 Å². The number of carboxylic acid groups (broad SMARTS) is 1. The first-order valence-corrected chi connectivity index (χ1v) is 7.15. The van der Waals surface area contributed by atoms with Crippen molar-refractivity contribution < 1.29 is 19.1 Å². The highest BCUT2D eigenvalue weighted by Gasteiger charge is 2.23. The van der Waals surface area contributed by atoms with E-state index in [1.165, 1.54) is 0 Å². The molecule has 2 aromatic rings. The van der Waals surface area contributed by atoms with Gasteiger partial charge < -0.3 is 14.8 Å². The van der Waals surface area contributed by atoms with E-state index in [1.54, 1.807) is 44.2 Å². The molecule has 116 valence electrons. The summed E-state index contributed by atoms with van der Waals surface area (Å²) in [6.45, 7) is 3.52. The lowest BCUT2D eigenvalue weighted by atomic mass is 10.1. The minimum Gasteiger partial charge on any atom is -0.480 e. The van der Waals surface area contributed by atoms with E-state index in [-0.39, 0.29) is 12.2 Å². The van der Waals surface area contributed by atoms with Gasteiger partial charge in [-0.05, 0) is 38.5 Å². The molecule has 1 heterocycles. The van der Waals surface area contributed by atoms with Crippen molar-refractivity contribution in [1.29, 1.82) is 0 Å². The summed E-state index contributed by atoms with van der Waals surface area (Å²) in [5.74, 6) is -1.55. The second-order valence-electron chi connectivity index (χ2n) is 4.87. The first-order chi connectivity index (χ1) is 10.4. The Morgan fingerprint density at radius 3 is 2.82 bits per heavy atom. The zero-order valence-corrected chi connectivity index (χ0v) is 13.0. The Morgan fingerprint density at radius 2 is 2.18 bits per heavy atom. The van der Waals surface area contributed by atoms with Gasteiger partial charge in [0.15, 0.2) is 5.76 Å². The highest BCUT2D eigenvalue weighted by atomic mass is 35.5. The molecule has 1 amide bonds. The van der Waals surface area contributed by atoms with Crippen LogP contribution in [0.25, 0.3) is 11.0 Å². The van der Waals surface area contributed by atoms with Crippen LogP contribution >= 0.6 is 11.6 Å². The van der Waals surface area contributed by atoms with Gasteiger partial charge in [0, 0.05) is 16.0 Å². The standard InChI is InChI=1S/C16H16ClNO4/c1-3-4-5-12(16(20)21)18-15(19)14-9(2)11-8-10(17)6-7-13(11)22-14/h3-4,6-8,12H,5H2,1-2H3,(H,18,19)(H,20,21)/b4-3+. The van der Waals surface area contributed by atoms with Gasteiger partial charge in [0.05, 0.1) is 0 Å². The highest BCUT2D eigenvalue weighted by Crippen LogP contribution is 2.27. The predicted molar refractivity (Wildman–Crippen MR) is 84.3 cm³/mol. The van der Waals surface area contributed by atoms with Crippen molar-refractivity contribution in [2.75, 3.05) is 0 Å². The van der Waals surface area contributed by atoms with E-state index in [2.05, 4.69) is 5.32 Å². The molecule has 0 aliphatic carbocycles. The fourth-order valence-corrected chi connectivity index (χ4v) is 2.30. The Hall–Kier alpha value is -2.27. The number of furan rings is 1. The number of hydrogen-bond donors (Lipinski definition) is 2.